The highest BCUT2D eigenvalue weighted by Crippen LogP contribution is 2.31. The molecule has 0 spiro atoms. The van der Waals surface area contributed by atoms with Gasteiger partial charge in [-0.3, -0.25) is 9.78 Å². The molecule has 1 N–H and O–H groups in total. The van der Waals surface area contributed by atoms with Gasteiger partial charge in [0.2, 0.25) is 0 Å². The Balaban J connectivity index is 1.88. The third-order valence-electron chi connectivity index (χ3n) is 3.47. The number of halogens is 1. The SMILES string of the molecule is COc1cc(Cl)c(C)cc1NC(=O)c1cc(-n2cccn2)ccn1. The average Bonchev–Trinajstić information content (AvgIpc) is 3.12. The second-order valence-corrected chi connectivity index (χ2v) is 5.51. The van der Waals surface area contributed by atoms with Crippen LogP contribution in [0.25, 0.3) is 5.69 Å². The molecule has 6 nitrogen and oxygen atoms in total. The molecular weight excluding hydrogens is 328 g/mol. The summed E-state index contributed by atoms with van der Waals surface area (Å²) in [7, 11) is 1.52. The predicted molar refractivity (Wildman–Crippen MR) is 92.1 cm³/mol. The van der Waals surface area contributed by atoms with Gasteiger partial charge in [0, 0.05) is 29.7 Å². The summed E-state index contributed by atoms with van der Waals surface area (Å²) in [5, 5.41) is 7.52. The van der Waals surface area contributed by atoms with Crippen LogP contribution >= 0.6 is 11.6 Å². The summed E-state index contributed by atoms with van der Waals surface area (Å²) in [6.07, 6.45) is 5.03. The van der Waals surface area contributed by atoms with Crippen molar-refractivity contribution in [3.8, 4) is 11.4 Å². The highest BCUT2D eigenvalue weighted by atomic mass is 35.5. The Hall–Kier alpha value is -2.86. The van der Waals surface area contributed by atoms with Crippen LogP contribution in [0.1, 0.15) is 16.1 Å². The van der Waals surface area contributed by atoms with Gasteiger partial charge in [0.15, 0.2) is 0 Å². The summed E-state index contributed by atoms with van der Waals surface area (Å²) in [6, 6.07) is 8.67. The van der Waals surface area contributed by atoms with Crippen LogP contribution in [-0.4, -0.2) is 27.8 Å². The van der Waals surface area contributed by atoms with Crippen molar-refractivity contribution in [1.29, 1.82) is 0 Å². The van der Waals surface area contributed by atoms with Crippen LogP contribution in [0.15, 0.2) is 48.9 Å². The van der Waals surface area contributed by atoms with E-state index in [2.05, 4.69) is 15.4 Å². The Bertz CT molecular complexity index is 878. The Morgan fingerprint density at radius 1 is 1.29 bits per heavy atom. The molecule has 2 aromatic heterocycles. The number of nitrogens with one attached hydrogen (secondary N) is 1. The fraction of sp³-hybridized carbons (Fsp3) is 0.118. The lowest BCUT2D eigenvalue weighted by atomic mass is 10.2. The van der Waals surface area contributed by atoms with Gasteiger partial charge in [0.25, 0.3) is 5.91 Å². The lowest BCUT2D eigenvalue weighted by Crippen LogP contribution is -2.15. The number of hydrogen-bond acceptors (Lipinski definition) is 4. The molecular formula is C17H15ClN4O2. The molecule has 0 bridgehead atoms. The lowest BCUT2D eigenvalue weighted by molar-refractivity contribution is 0.102. The molecule has 1 amide bonds. The Morgan fingerprint density at radius 2 is 2.12 bits per heavy atom. The summed E-state index contributed by atoms with van der Waals surface area (Å²) in [4.78, 5) is 16.6. The Morgan fingerprint density at radius 3 is 2.83 bits per heavy atom. The van der Waals surface area contributed by atoms with E-state index in [-0.39, 0.29) is 11.6 Å². The van der Waals surface area contributed by atoms with Gasteiger partial charge in [-0.1, -0.05) is 11.6 Å². The normalized spacial score (nSPS) is 10.5. The first kappa shape index (κ1) is 16.0. The number of methoxy groups -OCH3 is 1. The number of carbonyl (C=O) groups excluding carboxylic acids is 1. The molecule has 2 heterocycles. The molecule has 0 atom stereocenters. The maximum absolute atomic E-state index is 12.5. The first-order valence-corrected chi connectivity index (χ1v) is 7.58. The third-order valence-corrected chi connectivity index (χ3v) is 3.88. The van der Waals surface area contributed by atoms with Gasteiger partial charge in [0.1, 0.15) is 11.4 Å². The number of anilines is 1. The molecule has 1 aromatic carbocycles. The minimum atomic E-state index is -0.343. The topological polar surface area (TPSA) is 69.0 Å². The van der Waals surface area contributed by atoms with Crippen LogP contribution < -0.4 is 10.1 Å². The van der Waals surface area contributed by atoms with Crippen LogP contribution in [0.2, 0.25) is 5.02 Å². The van der Waals surface area contributed by atoms with Crippen molar-refractivity contribution in [3.63, 3.8) is 0 Å². The molecule has 0 aliphatic carbocycles. The molecule has 122 valence electrons. The molecule has 0 radical (unpaired) electrons. The number of amides is 1. The molecule has 0 saturated carbocycles. The smallest absolute Gasteiger partial charge is 0.274 e. The summed E-state index contributed by atoms with van der Waals surface area (Å²) in [5.41, 5.74) is 2.40. The van der Waals surface area contributed by atoms with Gasteiger partial charge in [-0.05, 0) is 36.8 Å². The van der Waals surface area contributed by atoms with Crippen LogP contribution in [0.5, 0.6) is 5.75 Å². The molecule has 0 fully saturated rings. The molecule has 0 aliphatic heterocycles. The van der Waals surface area contributed by atoms with Crippen molar-refractivity contribution in [2.75, 3.05) is 12.4 Å². The molecule has 0 unspecified atom stereocenters. The van der Waals surface area contributed by atoms with E-state index in [1.807, 2.05) is 13.0 Å². The predicted octanol–water partition coefficient (Wildman–Crippen LogP) is 3.49. The molecule has 3 aromatic rings. The zero-order chi connectivity index (χ0) is 17.1. The number of carbonyl (C=O) groups is 1. The van der Waals surface area contributed by atoms with E-state index in [1.54, 1.807) is 47.5 Å². The summed E-state index contributed by atoms with van der Waals surface area (Å²) in [5.74, 6) is 0.145. The number of hydrogen-bond donors (Lipinski definition) is 1. The Labute approximate surface area is 144 Å². The van der Waals surface area contributed by atoms with E-state index in [0.29, 0.717) is 16.5 Å². The summed E-state index contributed by atoms with van der Waals surface area (Å²) in [6.45, 7) is 1.86. The van der Waals surface area contributed by atoms with E-state index in [0.717, 1.165) is 11.3 Å². The van der Waals surface area contributed by atoms with Crippen LogP contribution in [-0.2, 0) is 0 Å². The van der Waals surface area contributed by atoms with E-state index in [9.17, 15) is 4.79 Å². The zero-order valence-electron chi connectivity index (χ0n) is 13.2. The van der Waals surface area contributed by atoms with Crippen molar-refractivity contribution < 1.29 is 9.53 Å². The standard InChI is InChI=1S/C17H15ClN4O2/c1-11-8-14(16(24-2)10-13(11)18)21-17(23)15-9-12(4-6-19-15)22-7-3-5-20-22/h3-10H,1-2H3,(H,21,23). The lowest BCUT2D eigenvalue weighted by Gasteiger charge is -2.12. The van der Waals surface area contributed by atoms with Gasteiger partial charge in [-0.25, -0.2) is 4.68 Å². The van der Waals surface area contributed by atoms with E-state index in [4.69, 9.17) is 16.3 Å². The fourth-order valence-corrected chi connectivity index (χ4v) is 2.38. The van der Waals surface area contributed by atoms with Crippen LogP contribution in [0.3, 0.4) is 0 Å². The summed E-state index contributed by atoms with van der Waals surface area (Å²) < 4.78 is 6.93. The van der Waals surface area contributed by atoms with Gasteiger partial charge in [0.05, 0.1) is 18.5 Å². The number of nitrogens with zero attached hydrogens (tertiary/aromatic N) is 3. The fourth-order valence-electron chi connectivity index (χ4n) is 2.22. The second kappa shape index (κ2) is 6.72. The number of benzene rings is 1. The first-order valence-electron chi connectivity index (χ1n) is 7.20. The largest absolute Gasteiger partial charge is 0.495 e. The molecule has 0 aliphatic rings. The van der Waals surface area contributed by atoms with E-state index in [1.165, 1.54) is 7.11 Å². The number of aromatic nitrogens is 3. The van der Waals surface area contributed by atoms with E-state index < -0.39 is 0 Å². The van der Waals surface area contributed by atoms with Gasteiger partial charge in [-0.15, -0.1) is 0 Å². The van der Waals surface area contributed by atoms with Crippen molar-refractivity contribution in [1.82, 2.24) is 14.8 Å². The van der Waals surface area contributed by atoms with Crippen molar-refractivity contribution >= 4 is 23.2 Å². The highest BCUT2D eigenvalue weighted by molar-refractivity contribution is 6.31. The van der Waals surface area contributed by atoms with Crippen LogP contribution in [0.4, 0.5) is 5.69 Å². The van der Waals surface area contributed by atoms with Crippen molar-refractivity contribution in [3.05, 3.63) is 65.2 Å². The number of rotatable bonds is 4. The number of pyridine rings is 1. The van der Waals surface area contributed by atoms with Crippen LogP contribution in [0, 0.1) is 6.92 Å². The highest BCUT2D eigenvalue weighted by Gasteiger charge is 2.13. The molecule has 7 heteroatoms. The molecule has 24 heavy (non-hydrogen) atoms. The van der Waals surface area contributed by atoms with E-state index >= 15 is 0 Å². The van der Waals surface area contributed by atoms with Gasteiger partial charge in [-0.2, -0.15) is 5.10 Å². The third kappa shape index (κ3) is 3.23. The maximum atomic E-state index is 12.5. The molecule has 0 saturated heterocycles. The molecule has 3 rings (SSSR count). The average molecular weight is 343 g/mol. The Kier molecular flexibility index (Phi) is 4.48. The van der Waals surface area contributed by atoms with Gasteiger partial charge >= 0.3 is 0 Å². The zero-order valence-corrected chi connectivity index (χ0v) is 13.9. The monoisotopic (exact) mass is 342 g/mol. The maximum Gasteiger partial charge on any atom is 0.274 e. The summed E-state index contributed by atoms with van der Waals surface area (Å²) >= 11 is 6.08. The first-order chi connectivity index (χ1) is 11.6. The number of ether oxygens (including phenoxy) is 1. The minimum Gasteiger partial charge on any atom is -0.495 e. The van der Waals surface area contributed by atoms with Gasteiger partial charge < -0.3 is 10.1 Å². The second-order valence-electron chi connectivity index (χ2n) is 5.11. The van der Waals surface area contributed by atoms with Crippen molar-refractivity contribution in [2.24, 2.45) is 0 Å². The van der Waals surface area contributed by atoms with Crippen molar-refractivity contribution in [2.45, 2.75) is 6.92 Å². The number of aryl methyl sites for hydroxylation is 1. The quantitative estimate of drug-likeness (QED) is 0.788. The minimum absolute atomic E-state index is 0.276.